The molecular weight excluding hydrogens is 307 g/mol. The minimum atomic E-state index is -0.979. The Labute approximate surface area is 130 Å². The van der Waals surface area contributed by atoms with E-state index in [0.717, 1.165) is 11.8 Å². The molecule has 1 aromatic carbocycles. The molecule has 0 bridgehead atoms. The molecule has 0 amide bonds. The lowest BCUT2D eigenvalue weighted by atomic mass is 10.0. The lowest BCUT2D eigenvalue weighted by molar-refractivity contribution is -0.133. The maximum atomic E-state index is 13.7. The number of hydrogen-bond donors (Lipinski definition) is 1. The second kappa shape index (κ2) is 6.74. The standard InChI is InChI=1S/C15H15FN2O3S/c1-9-11(7-10-5-3-4-6-12(10)16)14(21)18(2)15(17-9)22-8-13(19)20/h3-6H,7-8H2,1-2H3,(H,19,20). The normalized spacial score (nSPS) is 10.7. The van der Waals surface area contributed by atoms with Crippen LogP contribution in [0.4, 0.5) is 4.39 Å². The third-order valence-corrected chi connectivity index (χ3v) is 4.21. The summed E-state index contributed by atoms with van der Waals surface area (Å²) >= 11 is 0.980. The SMILES string of the molecule is Cc1nc(SCC(=O)O)n(C)c(=O)c1Cc1ccccc1F. The van der Waals surface area contributed by atoms with Gasteiger partial charge >= 0.3 is 5.97 Å². The molecule has 0 fully saturated rings. The van der Waals surface area contributed by atoms with Gasteiger partial charge in [0.25, 0.3) is 5.56 Å². The first kappa shape index (κ1) is 16.2. The smallest absolute Gasteiger partial charge is 0.313 e. The molecule has 0 aliphatic carbocycles. The van der Waals surface area contributed by atoms with E-state index >= 15 is 0 Å². The van der Waals surface area contributed by atoms with Crippen LogP contribution in [0.25, 0.3) is 0 Å². The van der Waals surface area contributed by atoms with Crippen molar-refractivity contribution in [2.24, 2.45) is 7.05 Å². The highest BCUT2D eigenvalue weighted by atomic mass is 32.2. The van der Waals surface area contributed by atoms with E-state index in [1.165, 1.54) is 17.7 Å². The van der Waals surface area contributed by atoms with Gasteiger partial charge < -0.3 is 5.11 Å². The molecule has 0 unspecified atom stereocenters. The molecule has 0 aliphatic heterocycles. The van der Waals surface area contributed by atoms with E-state index in [1.807, 2.05) is 0 Å². The van der Waals surface area contributed by atoms with Crippen LogP contribution in [0.1, 0.15) is 16.8 Å². The zero-order valence-electron chi connectivity index (χ0n) is 12.2. The van der Waals surface area contributed by atoms with Crippen LogP contribution in [0.3, 0.4) is 0 Å². The summed E-state index contributed by atoms with van der Waals surface area (Å²) in [5, 5.41) is 9.04. The predicted octanol–water partition coefficient (Wildman–Crippen LogP) is 2.00. The van der Waals surface area contributed by atoms with Crippen molar-refractivity contribution in [1.82, 2.24) is 9.55 Å². The van der Waals surface area contributed by atoms with Gasteiger partial charge in [0.2, 0.25) is 0 Å². The van der Waals surface area contributed by atoms with Gasteiger partial charge in [0.05, 0.1) is 5.75 Å². The molecule has 2 aromatic rings. The largest absolute Gasteiger partial charge is 0.481 e. The molecule has 1 N–H and O–H groups in total. The van der Waals surface area contributed by atoms with Crippen LogP contribution in [0.2, 0.25) is 0 Å². The van der Waals surface area contributed by atoms with Gasteiger partial charge in [0.1, 0.15) is 5.82 Å². The van der Waals surface area contributed by atoms with Gasteiger partial charge in [0.15, 0.2) is 5.16 Å². The summed E-state index contributed by atoms with van der Waals surface area (Å²) < 4.78 is 15.0. The van der Waals surface area contributed by atoms with Gasteiger partial charge in [-0.3, -0.25) is 14.2 Å². The van der Waals surface area contributed by atoms with Crippen LogP contribution in [-0.4, -0.2) is 26.4 Å². The van der Waals surface area contributed by atoms with Crippen molar-refractivity contribution in [3.8, 4) is 0 Å². The number of aryl methyl sites for hydroxylation is 1. The summed E-state index contributed by atoms with van der Waals surface area (Å²) in [6.07, 6.45) is 0.155. The average molecular weight is 322 g/mol. The third-order valence-electron chi connectivity index (χ3n) is 3.20. The molecule has 0 saturated heterocycles. The van der Waals surface area contributed by atoms with Crippen molar-refractivity contribution in [2.45, 2.75) is 18.5 Å². The summed E-state index contributed by atoms with van der Waals surface area (Å²) in [7, 11) is 1.53. The molecule has 5 nitrogen and oxygen atoms in total. The number of hydrogen-bond acceptors (Lipinski definition) is 4. The summed E-state index contributed by atoms with van der Waals surface area (Å²) in [6.45, 7) is 1.67. The Morgan fingerprint density at radius 1 is 1.41 bits per heavy atom. The fraction of sp³-hybridized carbons (Fsp3) is 0.267. The third kappa shape index (κ3) is 3.54. The Kier molecular flexibility index (Phi) is 4.97. The molecule has 0 radical (unpaired) electrons. The summed E-state index contributed by atoms with van der Waals surface area (Å²) in [6, 6.07) is 6.28. The summed E-state index contributed by atoms with van der Waals surface area (Å²) in [4.78, 5) is 27.3. The zero-order valence-corrected chi connectivity index (χ0v) is 13.0. The molecule has 0 aliphatic rings. The fourth-order valence-corrected chi connectivity index (χ4v) is 2.75. The van der Waals surface area contributed by atoms with Crippen molar-refractivity contribution in [3.05, 3.63) is 57.3 Å². The second-order valence-corrected chi connectivity index (χ2v) is 5.72. The van der Waals surface area contributed by atoms with Crippen molar-refractivity contribution in [2.75, 3.05) is 5.75 Å². The van der Waals surface area contributed by atoms with Crippen molar-refractivity contribution < 1.29 is 14.3 Å². The number of halogens is 1. The van der Waals surface area contributed by atoms with E-state index in [2.05, 4.69) is 4.98 Å². The Morgan fingerprint density at radius 3 is 2.73 bits per heavy atom. The first-order chi connectivity index (χ1) is 10.4. The Morgan fingerprint density at radius 2 is 2.09 bits per heavy atom. The number of aliphatic carboxylic acids is 1. The first-order valence-corrected chi connectivity index (χ1v) is 7.53. The highest BCUT2D eigenvalue weighted by Gasteiger charge is 2.15. The molecule has 2 rings (SSSR count). The lowest BCUT2D eigenvalue weighted by Gasteiger charge is -2.11. The maximum absolute atomic E-state index is 13.7. The highest BCUT2D eigenvalue weighted by molar-refractivity contribution is 7.99. The quantitative estimate of drug-likeness (QED) is 0.673. The second-order valence-electron chi connectivity index (χ2n) is 4.77. The Bertz CT molecular complexity index is 774. The van der Waals surface area contributed by atoms with Crippen LogP contribution < -0.4 is 5.56 Å². The number of aromatic nitrogens is 2. The van der Waals surface area contributed by atoms with E-state index in [9.17, 15) is 14.0 Å². The van der Waals surface area contributed by atoms with Gasteiger partial charge in [-0.05, 0) is 18.6 Å². The average Bonchev–Trinajstić information content (AvgIpc) is 2.47. The Balaban J connectivity index is 2.38. The van der Waals surface area contributed by atoms with Gasteiger partial charge in [-0.25, -0.2) is 9.37 Å². The lowest BCUT2D eigenvalue weighted by Crippen LogP contribution is -2.26. The zero-order chi connectivity index (χ0) is 16.3. The molecule has 0 saturated carbocycles. The first-order valence-electron chi connectivity index (χ1n) is 6.54. The minimum Gasteiger partial charge on any atom is -0.481 e. The van der Waals surface area contributed by atoms with Gasteiger partial charge in [-0.2, -0.15) is 0 Å². The van der Waals surface area contributed by atoms with E-state index in [4.69, 9.17) is 5.11 Å². The van der Waals surface area contributed by atoms with Crippen LogP contribution in [0, 0.1) is 12.7 Å². The van der Waals surface area contributed by atoms with Crippen LogP contribution in [0.5, 0.6) is 0 Å². The van der Waals surface area contributed by atoms with Crippen molar-refractivity contribution in [3.63, 3.8) is 0 Å². The number of carbonyl (C=O) groups is 1. The molecule has 1 heterocycles. The van der Waals surface area contributed by atoms with Gasteiger partial charge in [-0.1, -0.05) is 30.0 Å². The van der Waals surface area contributed by atoms with Gasteiger partial charge in [0, 0.05) is 24.7 Å². The molecule has 22 heavy (non-hydrogen) atoms. The van der Waals surface area contributed by atoms with Crippen LogP contribution >= 0.6 is 11.8 Å². The number of nitrogens with zero attached hydrogens (tertiary/aromatic N) is 2. The van der Waals surface area contributed by atoms with E-state index in [0.29, 0.717) is 22.0 Å². The highest BCUT2D eigenvalue weighted by Crippen LogP contribution is 2.17. The molecular formula is C15H15FN2O3S. The molecule has 1 aromatic heterocycles. The molecule has 116 valence electrons. The van der Waals surface area contributed by atoms with E-state index < -0.39 is 5.97 Å². The van der Waals surface area contributed by atoms with Crippen LogP contribution in [-0.2, 0) is 18.3 Å². The molecule has 0 spiro atoms. The monoisotopic (exact) mass is 322 g/mol. The Hall–Kier alpha value is -2.15. The van der Waals surface area contributed by atoms with Crippen molar-refractivity contribution >= 4 is 17.7 Å². The van der Waals surface area contributed by atoms with Crippen LogP contribution in [0.15, 0.2) is 34.2 Å². The summed E-state index contributed by atoms with van der Waals surface area (Å²) in [5.41, 5.74) is 1.03. The van der Waals surface area contributed by atoms with Crippen molar-refractivity contribution in [1.29, 1.82) is 0 Å². The van der Waals surface area contributed by atoms with E-state index in [1.54, 1.807) is 25.1 Å². The number of carboxylic acids is 1. The van der Waals surface area contributed by atoms with E-state index in [-0.39, 0.29) is 23.6 Å². The maximum Gasteiger partial charge on any atom is 0.313 e. The van der Waals surface area contributed by atoms with Gasteiger partial charge in [-0.15, -0.1) is 0 Å². The molecule has 7 heteroatoms. The topological polar surface area (TPSA) is 72.2 Å². The number of thioether (sulfide) groups is 1. The predicted molar refractivity (Wildman–Crippen MR) is 81.8 cm³/mol. The summed E-state index contributed by atoms with van der Waals surface area (Å²) in [5.74, 6) is -1.52. The minimum absolute atomic E-state index is 0.155. The number of rotatable bonds is 5. The number of carboxylic acid groups (broad SMARTS) is 1. The fourth-order valence-electron chi connectivity index (χ4n) is 2.02. The number of benzene rings is 1. The molecule has 0 atom stereocenters.